The van der Waals surface area contributed by atoms with Gasteiger partial charge in [-0.15, -0.1) is 0 Å². The van der Waals surface area contributed by atoms with Crippen LogP contribution in [0.4, 0.5) is 5.69 Å². The van der Waals surface area contributed by atoms with Gasteiger partial charge in [-0.1, -0.05) is 6.07 Å². The predicted octanol–water partition coefficient (Wildman–Crippen LogP) is 3.27. The number of pyridine rings is 1. The van der Waals surface area contributed by atoms with Gasteiger partial charge < -0.3 is 9.88 Å². The van der Waals surface area contributed by atoms with Gasteiger partial charge in [0.15, 0.2) is 5.82 Å². The van der Waals surface area contributed by atoms with Crippen LogP contribution in [-0.2, 0) is 10.2 Å². The fourth-order valence-electron chi connectivity index (χ4n) is 3.27. The number of nitrogens with zero attached hydrogens (tertiary/aromatic N) is 3. The molecule has 1 amide bonds. The Morgan fingerprint density at radius 2 is 2.09 bits per heavy atom. The lowest BCUT2D eigenvalue weighted by atomic mass is 9.86. The number of aromatic nitrogens is 3. The highest BCUT2D eigenvalue weighted by Gasteiger charge is 2.43. The molecule has 5 heteroatoms. The van der Waals surface area contributed by atoms with E-state index in [2.05, 4.69) is 21.0 Å². The van der Waals surface area contributed by atoms with Gasteiger partial charge in [0, 0.05) is 12.7 Å². The molecule has 0 atom stereocenters. The number of hydrogen-bond acceptors (Lipinski definition) is 3. The second-order valence-electron chi connectivity index (χ2n) is 6.36. The number of carbonyl (C=O) groups excluding carboxylic acids is 1. The zero-order valence-electron chi connectivity index (χ0n) is 13.4. The van der Waals surface area contributed by atoms with Crippen LogP contribution in [-0.4, -0.2) is 27.4 Å². The van der Waals surface area contributed by atoms with Crippen LogP contribution in [0.3, 0.4) is 0 Å². The van der Waals surface area contributed by atoms with E-state index in [4.69, 9.17) is 0 Å². The molecule has 1 N–H and O–H groups in total. The van der Waals surface area contributed by atoms with Crippen LogP contribution in [0.15, 0.2) is 36.5 Å². The fourth-order valence-corrected chi connectivity index (χ4v) is 3.27. The number of imidazole rings is 1. The van der Waals surface area contributed by atoms with Gasteiger partial charge in [-0.05, 0) is 50.6 Å². The van der Waals surface area contributed by atoms with Crippen molar-refractivity contribution in [2.24, 2.45) is 0 Å². The number of amides is 1. The third-order valence-corrected chi connectivity index (χ3v) is 4.57. The first-order chi connectivity index (χ1) is 11.0. The van der Waals surface area contributed by atoms with Gasteiger partial charge in [-0.3, -0.25) is 9.78 Å². The lowest BCUT2D eigenvalue weighted by molar-refractivity contribution is -0.122. The van der Waals surface area contributed by atoms with Crippen molar-refractivity contribution >= 4 is 22.6 Å². The van der Waals surface area contributed by atoms with Crippen LogP contribution in [0.2, 0.25) is 0 Å². The number of benzene rings is 1. The van der Waals surface area contributed by atoms with E-state index in [1.54, 1.807) is 6.20 Å². The third-order valence-electron chi connectivity index (χ3n) is 4.57. The molecule has 1 aromatic carbocycles. The van der Waals surface area contributed by atoms with E-state index in [0.717, 1.165) is 33.8 Å². The van der Waals surface area contributed by atoms with Crippen molar-refractivity contribution in [1.29, 1.82) is 0 Å². The van der Waals surface area contributed by atoms with E-state index in [0.29, 0.717) is 6.54 Å². The zero-order valence-corrected chi connectivity index (χ0v) is 13.4. The number of nitrogens with one attached hydrogen (secondary N) is 1. The van der Waals surface area contributed by atoms with E-state index in [1.807, 2.05) is 49.9 Å². The fraction of sp³-hybridized carbons (Fsp3) is 0.278. The minimum absolute atomic E-state index is 0.146. The summed E-state index contributed by atoms with van der Waals surface area (Å²) in [7, 11) is 0. The van der Waals surface area contributed by atoms with Crippen molar-refractivity contribution in [3.05, 3.63) is 42.1 Å². The van der Waals surface area contributed by atoms with E-state index in [9.17, 15) is 4.79 Å². The summed E-state index contributed by atoms with van der Waals surface area (Å²) in [6, 6.07) is 9.81. The molecule has 0 saturated carbocycles. The number of hydrogen-bond donors (Lipinski definition) is 1. The number of H-pyrrole nitrogens is 1. The van der Waals surface area contributed by atoms with Gasteiger partial charge in [-0.25, -0.2) is 4.98 Å². The van der Waals surface area contributed by atoms with Gasteiger partial charge in [0.25, 0.3) is 0 Å². The van der Waals surface area contributed by atoms with Crippen molar-refractivity contribution in [1.82, 2.24) is 15.0 Å². The molecule has 0 bridgehead atoms. The maximum absolute atomic E-state index is 12.6. The van der Waals surface area contributed by atoms with Crippen molar-refractivity contribution in [3.8, 4) is 11.5 Å². The van der Waals surface area contributed by atoms with Gasteiger partial charge in [0.2, 0.25) is 5.91 Å². The Bertz CT molecular complexity index is 911. The molecule has 0 fully saturated rings. The van der Waals surface area contributed by atoms with E-state index in [-0.39, 0.29) is 5.91 Å². The first-order valence-corrected chi connectivity index (χ1v) is 7.80. The topological polar surface area (TPSA) is 61.9 Å². The molecule has 116 valence electrons. The van der Waals surface area contributed by atoms with Crippen LogP contribution in [0.1, 0.15) is 26.3 Å². The van der Waals surface area contributed by atoms with Crippen LogP contribution < -0.4 is 4.90 Å². The largest absolute Gasteiger partial charge is 0.337 e. The average molecular weight is 306 g/mol. The summed E-state index contributed by atoms with van der Waals surface area (Å²) in [5, 5.41) is 0. The second kappa shape index (κ2) is 4.65. The van der Waals surface area contributed by atoms with Crippen LogP contribution in [0.25, 0.3) is 22.6 Å². The smallest absolute Gasteiger partial charge is 0.237 e. The van der Waals surface area contributed by atoms with E-state index < -0.39 is 5.41 Å². The third kappa shape index (κ3) is 1.89. The van der Waals surface area contributed by atoms with Gasteiger partial charge in [0.1, 0.15) is 5.69 Å². The molecule has 0 radical (unpaired) electrons. The maximum Gasteiger partial charge on any atom is 0.237 e. The van der Waals surface area contributed by atoms with Crippen LogP contribution in [0.5, 0.6) is 0 Å². The van der Waals surface area contributed by atoms with E-state index in [1.165, 1.54) is 0 Å². The Balaban J connectivity index is 1.92. The number of rotatable bonds is 2. The molecule has 1 aliphatic heterocycles. The molecule has 3 heterocycles. The molecule has 23 heavy (non-hydrogen) atoms. The Hall–Kier alpha value is -2.69. The highest BCUT2D eigenvalue weighted by Crippen LogP contribution is 2.43. The first-order valence-electron chi connectivity index (χ1n) is 7.80. The number of carbonyl (C=O) groups is 1. The average Bonchev–Trinajstić information content (AvgIpc) is 3.05. The molecular formula is C18H18N4O. The SMILES string of the molecule is CCN1C(=O)C(C)(C)c2cc3[nH]c(-c4ccccn4)nc3cc21. The minimum atomic E-state index is -0.504. The maximum atomic E-state index is 12.6. The number of aromatic amines is 1. The normalized spacial score (nSPS) is 16.1. The summed E-state index contributed by atoms with van der Waals surface area (Å²) < 4.78 is 0. The molecule has 1 aliphatic rings. The first kappa shape index (κ1) is 13.9. The lowest BCUT2D eigenvalue weighted by Gasteiger charge is -2.18. The molecule has 4 rings (SSSR count). The van der Waals surface area contributed by atoms with E-state index >= 15 is 0 Å². The molecule has 5 nitrogen and oxygen atoms in total. The zero-order chi connectivity index (χ0) is 16.2. The second-order valence-corrected chi connectivity index (χ2v) is 6.36. The summed E-state index contributed by atoms with van der Waals surface area (Å²) in [5.41, 5.74) is 4.11. The van der Waals surface area contributed by atoms with Crippen molar-refractivity contribution in [2.75, 3.05) is 11.4 Å². The summed E-state index contributed by atoms with van der Waals surface area (Å²) in [5.74, 6) is 0.893. The van der Waals surface area contributed by atoms with Crippen LogP contribution >= 0.6 is 0 Å². The molecule has 0 spiro atoms. The summed E-state index contributed by atoms with van der Waals surface area (Å²) in [4.78, 5) is 26.7. The lowest BCUT2D eigenvalue weighted by Crippen LogP contribution is -2.35. The van der Waals surface area contributed by atoms with Crippen molar-refractivity contribution in [3.63, 3.8) is 0 Å². The quantitative estimate of drug-likeness (QED) is 0.790. The summed E-state index contributed by atoms with van der Waals surface area (Å²) in [6.07, 6.45) is 1.75. The molecule has 0 unspecified atom stereocenters. The summed E-state index contributed by atoms with van der Waals surface area (Å²) >= 11 is 0. The molecule has 2 aromatic heterocycles. The summed E-state index contributed by atoms with van der Waals surface area (Å²) in [6.45, 7) is 6.62. The monoisotopic (exact) mass is 306 g/mol. The standard InChI is InChI=1S/C18H18N4O/c1-4-22-15-10-14-13(9-11(15)18(2,3)17(22)23)20-16(21-14)12-7-5-6-8-19-12/h5-10H,4H2,1-3H3,(H,20,21). The number of likely N-dealkylation sites (N-methyl/N-ethyl adjacent to an activating group) is 1. The molecule has 0 saturated heterocycles. The van der Waals surface area contributed by atoms with Gasteiger partial charge in [-0.2, -0.15) is 0 Å². The number of fused-ring (bicyclic) bond motifs is 2. The van der Waals surface area contributed by atoms with Crippen LogP contribution in [0, 0.1) is 0 Å². The Kier molecular flexibility index (Phi) is 2.82. The van der Waals surface area contributed by atoms with Gasteiger partial charge in [0.05, 0.1) is 22.1 Å². The minimum Gasteiger partial charge on any atom is -0.337 e. The predicted molar refractivity (Wildman–Crippen MR) is 90.4 cm³/mol. The molecular weight excluding hydrogens is 288 g/mol. The van der Waals surface area contributed by atoms with Gasteiger partial charge >= 0.3 is 0 Å². The van der Waals surface area contributed by atoms with Crippen molar-refractivity contribution < 1.29 is 4.79 Å². The molecule has 0 aliphatic carbocycles. The number of anilines is 1. The molecule has 3 aromatic rings. The Labute approximate surface area is 134 Å². The Morgan fingerprint density at radius 3 is 2.78 bits per heavy atom. The highest BCUT2D eigenvalue weighted by molar-refractivity contribution is 6.09. The Morgan fingerprint density at radius 1 is 1.26 bits per heavy atom. The van der Waals surface area contributed by atoms with Crippen molar-refractivity contribution in [2.45, 2.75) is 26.2 Å². The highest BCUT2D eigenvalue weighted by atomic mass is 16.2.